The third-order valence-corrected chi connectivity index (χ3v) is 3.86. The Kier molecular flexibility index (Phi) is 2.61. The van der Waals surface area contributed by atoms with Crippen molar-refractivity contribution >= 4 is 16.9 Å². The summed E-state index contributed by atoms with van der Waals surface area (Å²) < 4.78 is 6.38. The first kappa shape index (κ1) is 12.7. The molecule has 5 nitrogen and oxygen atoms in total. The highest BCUT2D eigenvalue weighted by atomic mass is 16.5. The number of hydrogen-bond donors (Lipinski definition) is 0. The molecule has 1 aromatic carbocycles. The number of ether oxygens (including phenoxy) is 1. The van der Waals surface area contributed by atoms with E-state index in [-0.39, 0.29) is 11.5 Å². The van der Waals surface area contributed by atoms with E-state index in [0.717, 1.165) is 10.9 Å². The van der Waals surface area contributed by atoms with Gasteiger partial charge in [0.05, 0.1) is 18.2 Å². The fraction of sp³-hybridized carbons (Fsp3) is 0.333. The van der Waals surface area contributed by atoms with Crippen LogP contribution in [0.5, 0.6) is 0 Å². The van der Waals surface area contributed by atoms with Crippen LogP contribution in [0.25, 0.3) is 10.9 Å². The van der Waals surface area contributed by atoms with Crippen LogP contribution in [-0.4, -0.2) is 29.3 Å². The second-order valence-corrected chi connectivity index (χ2v) is 5.47. The highest BCUT2D eigenvalue weighted by molar-refractivity contribution is 5.87. The molecular formula is C15H16N2O3. The Morgan fingerprint density at radius 2 is 1.90 bits per heavy atom. The number of rotatable bonds is 2. The van der Waals surface area contributed by atoms with E-state index in [9.17, 15) is 9.59 Å². The van der Waals surface area contributed by atoms with Gasteiger partial charge >= 0.3 is 5.97 Å². The number of aromatic nitrogens is 1. The molecule has 0 spiro atoms. The Hall–Kier alpha value is -2.30. The maximum absolute atomic E-state index is 12.2. The molecule has 1 atom stereocenters. The number of methoxy groups -OCH3 is 1. The van der Waals surface area contributed by atoms with Gasteiger partial charge < -0.3 is 4.74 Å². The summed E-state index contributed by atoms with van der Waals surface area (Å²) in [5.41, 5.74) is 0.212. The van der Waals surface area contributed by atoms with Crippen LogP contribution in [-0.2, 0) is 9.53 Å². The van der Waals surface area contributed by atoms with Crippen LogP contribution < -0.4 is 10.6 Å². The number of pyridine rings is 1. The van der Waals surface area contributed by atoms with Crippen LogP contribution in [0.2, 0.25) is 0 Å². The lowest BCUT2D eigenvalue weighted by Crippen LogP contribution is -2.33. The second kappa shape index (κ2) is 4.10. The molecule has 3 rings (SSSR count). The minimum Gasteiger partial charge on any atom is -0.467 e. The van der Waals surface area contributed by atoms with E-state index >= 15 is 0 Å². The molecule has 0 bridgehead atoms. The number of para-hydroxylation sites is 1. The van der Waals surface area contributed by atoms with E-state index in [1.165, 1.54) is 13.2 Å². The summed E-state index contributed by atoms with van der Waals surface area (Å²) in [5.74, 6) is -0.324. The molecule has 0 radical (unpaired) electrons. The van der Waals surface area contributed by atoms with Gasteiger partial charge in [0.15, 0.2) is 6.04 Å². The maximum atomic E-state index is 12.2. The molecule has 0 N–H and O–H groups in total. The van der Waals surface area contributed by atoms with Crippen molar-refractivity contribution in [3.63, 3.8) is 0 Å². The van der Waals surface area contributed by atoms with Crippen molar-refractivity contribution in [3.8, 4) is 0 Å². The van der Waals surface area contributed by atoms with Gasteiger partial charge in [-0.15, -0.1) is 0 Å². The van der Waals surface area contributed by atoms with E-state index < -0.39 is 11.6 Å². The van der Waals surface area contributed by atoms with E-state index in [2.05, 4.69) is 0 Å². The van der Waals surface area contributed by atoms with Gasteiger partial charge in [-0.05, 0) is 26.0 Å². The molecule has 20 heavy (non-hydrogen) atoms. The average Bonchev–Trinajstić information content (AvgIpc) is 3.00. The largest absolute Gasteiger partial charge is 0.467 e. The molecule has 1 saturated heterocycles. The molecule has 2 heterocycles. The van der Waals surface area contributed by atoms with Gasteiger partial charge in [0.25, 0.3) is 5.56 Å². The first-order chi connectivity index (χ1) is 9.48. The Morgan fingerprint density at radius 3 is 2.60 bits per heavy atom. The van der Waals surface area contributed by atoms with Crippen LogP contribution in [0.15, 0.2) is 41.2 Å². The van der Waals surface area contributed by atoms with Crippen molar-refractivity contribution in [2.75, 3.05) is 12.1 Å². The number of hydrogen-bond acceptors (Lipinski definition) is 4. The summed E-state index contributed by atoms with van der Waals surface area (Å²) in [5, 5.41) is 2.72. The average molecular weight is 272 g/mol. The Balaban J connectivity index is 2.19. The fourth-order valence-corrected chi connectivity index (χ4v) is 2.73. The summed E-state index contributed by atoms with van der Waals surface area (Å²) >= 11 is 0. The number of esters is 1. The van der Waals surface area contributed by atoms with Crippen LogP contribution in [0.4, 0.5) is 0 Å². The zero-order valence-corrected chi connectivity index (χ0v) is 11.7. The quantitative estimate of drug-likeness (QED) is 0.610. The zero-order chi connectivity index (χ0) is 14.5. The van der Waals surface area contributed by atoms with Gasteiger partial charge in [-0.2, -0.15) is 0 Å². The van der Waals surface area contributed by atoms with Crippen molar-refractivity contribution in [2.45, 2.75) is 25.4 Å². The standard InChI is InChI=1S/C15H16N2O3/c1-15(2)13(14(19)20-3)17(15)16-11-7-5-4-6-10(11)8-9-12(16)18/h4-9,13H,1-3H3. The van der Waals surface area contributed by atoms with Gasteiger partial charge in [0, 0.05) is 11.5 Å². The summed E-state index contributed by atoms with van der Waals surface area (Å²) in [4.78, 5) is 24.1. The summed E-state index contributed by atoms with van der Waals surface area (Å²) in [6, 6.07) is 10.5. The lowest BCUT2D eigenvalue weighted by molar-refractivity contribution is -0.140. The Labute approximate surface area is 116 Å². The van der Waals surface area contributed by atoms with Crippen molar-refractivity contribution in [1.82, 2.24) is 4.68 Å². The number of nitrogens with zero attached hydrogens (tertiary/aromatic N) is 2. The molecule has 0 aliphatic carbocycles. The SMILES string of the molecule is COC(=O)C1N(n2c(=O)ccc3ccccc32)C1(C)C. The third-order valence-electron chi connectivity index (χ3n) is 3.86. The van der Waals surface area contributed by atoms with E-state index in [1.54, 1.807) is 15.8 Å². The molecule has 2 aromatic rings. The lowest BCUT2D eigenvalue weighted by atomic mass is 10.1. The van der Waals surface area contributed by atoms with Gasteiger partial charge in [0.1, 0.15) is 0 Å². The molecule has 0 amide bonds. The third kappa shape index (κ3) is 1.62. The predicted octanol–water partition coefficient (Wildman–Crippen LogP) is 1.27. The molecule has 5 heteroatoms. The molecule has 0 saturated carbocycles. The maximum Gasteiger partial charge on any atom is 0.332 e. The van der Waals surface area contributed by atoms with Crippen LogP contribution in [0.3, 0.4) is 0 Å². The van der Waals surface area contributed by atoms with Gasteiger partial charge in [-0.3, -0.25) is 9.80 Å². The first-order valence-electron chi connectivity index (χ1n) is 6.47. The van der Waals surface area contributed by atoms with Gasteiger partial charge in [-0.25, -0.2) is 9.47 Å². The van der Waals surface area contributed by atoms with E-state index in [0.29, 0.717) is 0 Å². The number of carbonyl (C=O) groups is 1. The molecular weight excluding hydrogens is 256 g/mol. The second-order valence-electron chi connectivity index (χ2n) is 5.47. The summed E-state index contributed by atoms with van der Waals surface area (Å²) in [7, 11) is 1.36. The monoisotopic (exact) mass is 272 g/mol. The van der Waals surface area contributed by atoms with Crippen LogP contribution in [0.1, 0.15) is 13.8 Å². The topological polar surface area (TPSA) is 51.3 Å². The highest BCUT2D eigenvalue weighted by Gasteiger charge is 2.62. The van der Waals surface area contributed by atoms with Gasteiger partial charge in [0.2, 0.25) is 0 Å². The highest BCUT2D eigenvalue weighted by Crippen LogP contribution is 2.39. The van der Waals surface area contributed by atoms with Crippen molar-refractivity contribution < 1.29 is 9.53 Å². The van der Waals surface area contributed by atoms with E-state index in [4.69, 9.17) is 4.74 Å². The molecule has 1 aromatic heterocycles. The van der Waals surface area contributed by atoms with Crippen molar-refractivity contribution in [2.24, 2.45) is 0 Å². The number of carbonyl (C=O) groups excluding carboxylic acids is 1. The number of fused-ring (bicyclic) bond motifs is 1. The fourth-order valence-electron chi connectivity index (χ4n) is 2.73. The minimum absolute atomic E-state index is 0.150. The molecule has 1 aliphatic heterocycles. The zero-order valence-electron chi connectivity index (χ0n) is 11.7. The molecule has 104 valence electrons. The lowest BCUT2D eigenvalue weighted by Gasteiger charge is -2.14. The summed E-state index contributed by atoms with van der Waals surface area (Å²) in [6.45, 7) is 3.84. The minimum atomic E-state index is -0.434. The smallest absolute Gasteiger partial charge is 0.332 e. The Morgan fingerprint density at radius 1 is 1.20 bits per heavy atom. The van der Waals surface area contributed by atoms with Crippen LogP contribution in [0, 0.1) is 0 Å². The predicted molar refractivity (Wildman–Crippen MR) is 76.3 cm³/mol. The first-order valence-corrected chi connectivity index (χ1v) is 6.47. The molecule has 1 fully saturated rings. The Bertz CT molecular complexity index is 748. The number of benzene rings is 1. The van der Waals surface area contributed by atoms with Crippen LogP contribution >= 0.6 is 0 Å². The normalized spacial score (nSPS) is 19.9. The molecule has 1 unspecified atom stereocenters. The molecule has 1 aliphatic rings. The van der Waals surface area contributed by atoms with Crippen molar-refractivity contribution in [3.05, 3.63) is 46.8 Å². The van der Waals surface area contributed by atoms with E-state index in [1.807, 2.05) is 38.1 Å². The van der Waals surface area contributed by atoms with Crippen molar-refractivity contribution in [1.29, 1.82) is 0 Å². The van der Waals surface area contributed by atoms with Gasteiger partial charge in [-0.1, -0.05) is 18.2 Å². The summed E-state index contributed by atoms with van der Waals surface area (Å²) in [6.07, 6.45) is 0.